The SMILES string of the molecule is O=C(CNc1cc(Cl)cc(C(F)(F)F)c1)N1CCC[C@H](Nc2ncnc3nc[nH]c23)C1. The summed E-state index contributed by atoms with van der Waals surface area (Å²) in [6, 6.07) is 3.11. The summed E-state index contributed by atoms with van der Waals surface area (Å²) in [7, 11) is 0. The van der Waals surface area contributed by atoms with Crippen LogP contribution in [-0.4, -0.2) is 56.4 Å². The second-order valence-electron chi connectivity index (χ2n) is 7.23. The first-order valence-corrected chi connectivity index (χ1v) is 9.97. The number of nitrogens with one attached hydrogen (secondary N) is 3. The Balaban J connectivity index is 1.37. The number of piperidine rings is 1. The number of rotatable bonds is 5. The number of amides is 1. The van der Waals surface area contributed by atoms with Gasteiger partial charge in [-0.25, -0.2) is 15.0 Å². The summed E-state index contributed by atoms with van der Waals surface area (Å²) in [4.78, 5) is 29.7. The molecule has 4 rings (SSSR count). The smallest absolute Gasteiger partial charge is 0.376 e. The van der Waals surface area contributed by atoms with Crippen LogP contribution >= 0.6 is 11.6 Å². The van der Waals surface area contributed by atoms with Crippen LogP contribution in [0.1, 0.15) is 18.4 Å². The molecule has 164 valence electrons. The lowest BCUT2D eigenvalue weighted by Gasteiger charge is -2.33. The standard InChI is InChI=1S/C19H19ClF3N7O/c20-12-4-11(19(21,22)23)5-14(6-12)24-7-15(31)30-3-1-2-13(8-30)29-18-16-17(26-9-25-16)27-10-28-18/h4-6,9-10,13,24H,1-3,7-8H2,(H2,25,26,27,28,29)/t13-/m0/s1. The van der Waals surface area contributed by atoms with Gasteiger partial charge >= 0.3 is 6.18 Å². The van der Waals surface area contributed by atoms with Crippen LogP contribution in [0.4, 0.5) is 24.7 Å². The highest BCUT2D eigenvalue weighted by Gasteiger charge is 2.31. The van der Waals surface area contributed by atoms with Crippen LogP contribution in [0.3, 0.4) is 0 Å². The summed E-state index contributed by atoms with van der Waals surface area (Å²) >= 11 is 5.79. The summed E-state index contributed by atoms with van der Waals surface area (Å²) < 4.78 is 38.9. The fraction of sp³-hybridized carbons (Fsp3) is 0.368. The number of anilines is 2. The molecular formula is C19H19ClF3N7O. The number of carbonyl (C=O) groups is 1. The summed E-state index contributed by atoms with van der Waals surface area (Å²) in [5.74, 6) is 0.396. The van der Waals surface area contributed by atoms with E-state index >= 15 is 0 Å². The van der Waals surface area contributed by atoms with Crippen molar-refractivity contribution in [2.45, 2.75) is 25.1 Å². The molecule has 1 aliphatic rings. The number of carbonyl (C=O) groups excluding carboxylic acids is 1. The molecule has 0 aliphatic carbocycles. The van der Waals surface area contributed by atoms with Gasteiger partial charge < -0.3 is 20.5 Å². The minimum absolute atomic E-state index is 0.0258. The summed E-state index contributed by atoms with van der Waals surface area (Å²) in [6.07, 6.45) is 0.0720. The predicted molar refractivity (Wildman–Crippen MR) is 110 cm³/mol. The van der Waals surface area contributed by atoms with Crippen molar-refractivity contribution >= 4 is 40.2 Å². The number of aromatic nitrogens is 4. The molecule has 0 radical (unpaired) electrons. The molecule has 0 unspecified atom stereocenters. The Morgan fingerprint density at radius 2 is 2.10 bits per heavy atom. The van der Waals surface area contributed by atoms with Gasteiger partial charge in [0.25, 0.3) is 0 Å². The molecule has 0 bridgehead atoms. The Morgan fingerprint density at radius 3 is 2.90 bits per heavy atom. The van der Waals surface area contributed by atoms with Crippen LogP contribution in [-0.2, 0) is 11.0 Å². The summed E-state index contributed by atoms with van der Waals surface area (Å²) in [5.41, 5.74) is 0.508. The number of hydrogen-bond donors (Lipinski definition) is 3. The fourth-order valence-electron chi connectivity index (χ4n) is 3.53. The molecule has 1 aliphatic heterocycles. The zero-order chi connectivity index (χ0) is 22.0. The van der Waals surface area contributed by atoms with Gasteiger partial charge in [0.15, 0.2) is 11.5 Å². The molecule has 2 aromatic heterocycles. The molecule has 0 saturated carbocycles. The second kappa shape index (κ2) is 8.58. The molecule has 1 saturated heterocycles. The average Bonchev–Trinajstić information content (AvgIpc) is 3.21. The van der Waals surface area contributed by atoms with Gasteiger partial charge in [-0.15, -0.1) is 0 Å². The first-order valence-electron chi connectivity index (χ1n) is 9.59. The number of nitrogens with zero attached hydrogens (tertiary/aromatic N) is 4. The van der Waals surface area contributed by atoms with Gasteiger partial charge in [-0.1, -0.05) is 11.6 Å². The largest absolute Gasteiger partial charge is 0.416 e. The maximum absolute atomic E-state index is 13.0. The van der Waals surface area contributed by atoms with Crippen LogP contribution in [0.25, 0.3) is 11.2 Å². The van der Waals surface area contributed by atoms with Crippen LogP contribution in [0.5, 0.6) is 0 Å². The Morgan fingerprint density at radius 1 is 1.26 bits per heavy atom. The summed E-state index contributed by atoms with van der Waals surface area (Å²) in [6.45, 7) is 0.886. The molecule has 3 heterocycles. The van der Waals surface area contributed by atoms with E-state index in [2.05, 4.69) is 30.6 Å². The van der Waals surface area contributed by atoms with Crippen LogP contribution < -0.4 is 10.6 Å². The summed E-state index contributed by atoms with van der Waals surface area (Å²) in [5, 5.41) is 6.02. The Kier molecular flexibility index (Phi) is 5.86. The normalized spacial score (nSPS) is 17.0. The molecule has 1 aromatic carbocycles. The highest BCUT2D eigenvalue weighted by Crippen LogP contribution is 2.33. The fourth-order valence-corrected chi connectivity index (χ4v) is 3.77. The zero-order valence-corrected chi connectivity index (χ0v) is 17.0. The van der Waals surface area contributed by atoms with Crippen molar-refractivity contribution in [3.05, 3.63) is 41.4 Å². The lowest BCUT2D eigenvalue weighted by atomic mass is 10.1. The molecule has 8 nitrogen and oxygen atoms in total. The highest BCUT2D eigenvalue weighted by atomic mass is 35.5. The van der Waals surface area contributed by atoms with Crippen molar-refractivity contribution in [2.75, 3.05) is 30.3 Å². The van der Waals surface area contributed by atoms with Crippen molar-refractivity contribution in [2.24, 2.45) is 0 Å². The Bertz CT molecular complexity index is 1090. The number of H-pyrrole nitrogens is 1. The van der Waals surface area contributed by atoms with E-state index in [0.717, 1.165) is 25.0 Å². The van der Waals surface area contributed by atoms with Crippen LogP contribution in [0.2, 0.25) is 5.02 Å². The monoisotopic (exact) mass is 453 g/mol. The number of likely N-dealkylation sites (tertiary alicyclic amines) is 1. The molecular weight excluding hydrogens is 435 g/mol. The number of fused-ring (bicyclic) bond motifs is 1. The molecule has 1 fully saturated rings. The van der Waals surface area contributed by atoms with Gasteiger partial charge in [0.2, 0.25) is 5.91 Å². The molecule has 0 spiro atoms. The Labute approximate surface area is 180 Å². The zero-order valence-electron chi connectivity index (χ0n) is 16.2. The molecule has 3 aromatic rings. The van der Waals surface area contributed by atoms with Crippen molar-refractivity contribution in [3.63, 3.8) is 0 Å². The third-order valence-corrected chi connectivity index (χ3v) is 5.22. The number of halogens is 4. The highest BCUT2D eigenvalue weighted by molar-refractivity contribution is 6.31. The average molecular weight is 454 g/mol. The quantitative estimate of drug-likeness (QED) is 0.546. The number of imidazole rings is 1. The van der Waals surface area contributed by atoms with Gasteiger partial charge in [0, 0.05) is 29.8 Å². The maximum atomic E-state index is 13.0. The number of benzene rings is 1. The number of aromatic amines is 1. The van der Waals surface area contributed by atoms with E-state index in [-0.39, 0.29) is 29.2 Å². The van der Waals surface area contributed by atoms with Crippen molar-refractivity contribution in [1.29, 1.82) is 0 Å². The van der Waals surface area contributed by atoms with Crippen molar-refractivity contribution in [3.8, 4) is 0 Å². The van der Waals surface area contributed by atoms with E-state index in [1.807, 2.05) is 0 Å². The number of hydrogen-bond acceptors (Lipinski definition) is 6. The van der Waals surface area contributed by atoms with E-state index < -0.39 is 11.7 Å². The second-order valence-corrected chi connectivity index (χ2v) is 7.66. The van der Waals surface area contributed by atoms with Gasteiger partial charge in [0.05, 0.1) is 18.4 Å². The Hall–Kier alpha value is -3.08. The molecule has 12 heteroatoms. The topological polar surface area (TPSA) is 98.8 Å². The van der Waals surface area contributed by atoms with E-state index in [1.165, 1.54) is 18.7 Å². The first-order chi connectivity index (χ1) is 14.8. The van der Waals surface area contributed by atoms with Crippen molar-refractivity contribution < 1.29 is 18.0 Å². The van der Waals surface area contributed by atoms with Crippen molar-refractivity contribution in [1.82, 2.24) is 24.8 Å². The van der Waals surface area contributed by atoms with Gasteiger partial charge in [0.1, 0.15) is 11.8 Å². The van der Waals surface area contributed by atoms with E-state index in [1.54, 1.807) is 4.90 Å². The lowest BCUT2D eigenvalue weighted by molar-refractivity contribution is -0.137. The van der Waals surface area contributed by atoms with Crippen LogP contribution in [0.15, 0.2) is 30.9 Å². The van der Waals surface area contributed by atoms with Gasteiger partial charge in [-0.2, -0.15) is 13.2 Å². The minimum Gasteiger partial charge on any atom is -0.376 e. The third-order valence-electron chi connectivity index (χ3n) is 5.01. The van der Waals surface area contributed by atoms with Gasteiger partial charge in [-0.05, 0) is 31.0 Å². The predicted octanol–water partition coefficient (Wildman–Crippen LogP) is 3.54. The molecule has 3 N–H and O–H groups in total. The van der Waals surface area contributed by atoms with Gasteiger partial charge in [-0.3, -0.25) is 4.79 Å². The van der Waals surface area contributed by atoms with E-state index in [9.17, 15) is 18.0 Å². The minimum atomic E-state index is -4.52. The van der Waals surface area contributed by atoms with Crippen LogP contribution in [0, 0.1) is 0 Å². The molecule has 31 heavy (non-hydrogen) atoms. The number of alkyl halides is 3. The lowest BCUT2D eigenvalue weighted by Crippen LogP contribution is -2.47. The maximum Gasteiger partial charge on any atom is 0.416 e. The molecule has 1 amide bonds. The molecule has 1 atom stereocenters. The third kappa shape index (κ3) is 4.98. The van der Waals surface area contributed by atoms with E-state index in [0.29, 0.717) is 30.1 Å². The first kappa shape index (κ1) is 21.2. The van der Waals surface area contributed by atoms with E-state index in [4.69, 9.17) is 11.6 Å².